The van der Waals surface area contributed by atoms with E-state index in [0.717, 1.165) is 4.90 Å². The van der Waals surface area contributed by atoms with Crippen LogP contribution in [0.5, 0.6) is 11.5 Å². The van der Waals surface area contributed by atoms with Gasteiger partial charge in [0.1, 0.15) is 17.1 Å². The number of hydrogen-bond acceptors (Lipinski definition) is 5. The standard InChI is InChI=1S/C16H15ClO4S/c1-20-11-7-10(15(13(18)8-11)16(19)21-2)9-22-14-6-4-3-5-12(14)17/h3-8,18H,9H2,1-2H3. The van der Waals surface area contributed by atoms with Gasteiger partial charge >= 0.3 is 5.97 Å². The van der Waals surface area contributed by atoms with Crippen molar-refractivity contribution in [1.82, 2.24) is 0 Å². The van der Waals surface area contributed by atoms with Gasteiger partial charge in [0.05, 0.1) is 19.2 Å². The summed E-state index contributed by atoms with van der Waals surface area (Å²) in [5, 5.41) is 10.7. The number of thioether (sulfide) groups is 1. The summed E-state index contributed by atoms with van der Waals surface area (Å²) in [7, 11) is 2.77. The lowest BCUT2D eigenvalue weighted by Crippen LogP contribution is -2.06. The second-order valence-electron chi connectivity index (χ2n) is 4.39. The van der Waals surface area contributed by atoms with Gasteiger partial charge in [0.2, 0.25) is 0 Å². The Hall–Kier alpha value is -1.85. The molecule has 0 unspecified atom stereocenters. The Bertz CT molecular complexity index is 688. The molecular weight excluding hydrogens is 324 g/mol. The number of phenols is 1. The zero-order valence-corrected chi connectivity index (χ0v) is 13.7. The van der Waals surface area contributed by atoms with Crippen molar-refractivity contribution in [3.8, 4) is 11.5 Å². The topological polar surface area (TPSA) is 55.8 Å². The highest BCUT2D eigenvalue weighted by atomic mass is 35.5. The Morgan fingerprint density at radius 1 is 1.27 bits per heavy atom. The molecule has 2 aromatic rings. The molecule has 0 atom stereocenters. The van der Waals surface area contributed by atoms with Gasteiger partial charge in [-0.2, -0.15) is 0 Å². The van der Waals surface area contributed by atoms with Gasteiger partial charge in [-0.15, -0.1) is 11.8 Å². The molecule has 0 fully saturated rings. The van der Waals surface area contributed by atoms with Crippen LogP contribution in [0.25, 0.3) is 0 Å². The van der Waals surface area contributed by atoms with E-state index in [1.54, 1.807) is 12.1 Å². The first kappa shape index (κ1) is 16.5. The number of benzene rings is 2. The number of carbonyl (C=O) groups is 1. The van der Waals surface area contributed by atoms with Crippen molar-refractivity contribution in [2.45, 2.75) is 10.6 Å². The van der Waals surface area contributed by atoms with E-state index in [1.807, 2.05) is 18.2 Å². The third-order valence-corrected chi connectivity index (χ3v) is 4.58. The highest BCUT2D eigenvalue weighted by Crippen LogP contribution is 2.35. The summed E-state index contributed by atoms with van der Waals surface area (Å²) >= 11 is 7.59. The molecule has 0 bridgehead atoms. The summed E-state index contributed by atoms with van der Waals surface area (Å²) in [6.07, 6.45) is 0. The molecule has 0 saturated heterocycles. The predicted molar refractivity (Wildman–Crippen MR) is 87.0 cm³/mol. The summed E-state index contributed by atoms with van der Waals surface area (Å²) in [4.78, 5) is 12.8. The van der Waals surface area contributed by atoms with Crippen LogP contribution in [0.4, 0.5) is 0 Å². The van der Waals surface area contributed by atoms with Gasteiger partial charge < -0.3 is 14.6 Å². The molecule has 2 rings (SSSR count). The van der Waals surface area contributed by atoms with E-state index in [1.165, 1.54) is 32.0 Å². The number of aromatic hydroxyl groups is 1. The molecule has 0 aliphatic rings. The van der Waals surface area contributed by atoms with Crippen LogP contribution in [0.2, 0.25) is 5.02 Å². The second kappa shape index (κ2) is 7.42. The quantitative estimate of drug-likeness (QED) is 0.656. The van der Waals surface area contributed by atoms with Crippen molar-refractivity contribution < 1.29 is 19.4 Å². The van der Waals surface area contributed by atoms with Crippen LogP contribution in [0.3, 0.4) is 0 Å². The maximum absolute atomic E-state index is 11.9. The molecule has 0 radical (unpaired) electrons. The van der Waals surface area contributed by atoms with E-state index in [9.17, 15) is 9.90 Å². The molecular formula is C16H15ClO4S. The van der Waals surface area contributed by atoms with E-state index in [0.29, 0.717) is 22.1 Å². The maximum atomic E-state index is 11.9. The SMILES string of the molecule is COC(=O)c1c(O)cc(OC)cc1CSc1ccccc1Cl. The Morgan fingerprint density at radius 2 is 2.00 bits per heavy atom. The van der Waals surface area contributed by atoms with Crippen molar-refractivity contribution in [3.63, 3.8) is 0 Å². The maximum Gasteiger partial charge on any atom is 0.341 e. The van der Waals surface area contributed by atoms with E-state index in [4.69, 9.17) is 21.1 Å². The van der Waals surface area contributed by atoms with Crippen LogP contribution in [-0.4, -0.2) is 25.3 Å². The lowest BCUT2D eigenvalue weighted by Gasteiger charge is -2.12. The number of phenolic OH excluding ortho intramolecular Hbond substituents is 1. The van der Waals surface area contributed by atoms with Gasteiger partial charge in [-0.3, -0.25) is 0 Å². The van der Waals surface area contributed by atoms with Crippen molar-refractivity contribution in [1.29, 1.82) is 0 Å². The molecule has 0 amide bonds. The third kappa shape index (κ3) is 3.67. The molecule has 116 valence electrons. The molecule has 22 heavy (non-hydrogen) atoms. The smallest absolute Gasteiger partial charge is 0.341 e. The van der Waals surface area contributed by atoms with Gasteiger partial charge in [0.15, 0.2) is 0 Å². The number of methoxy groups -OCH3 is 2. The fourth-order valence-electron chi connectivity index (χ4n) is 1.94. The molecule has 0 aliphatic carbocycles. The molecule has 0 spiro atoms. The van der Waals surface area contributed by atoms with E-state index >= 15 is 0 Å². The Morgan fingerprint density at radius 3 is 2.64 bits per heavy atom. The summed E-state index contributed by atoms with van der Waals surface area (Å²) in [5.74, 6) is 0.162. The first-order valence-electron chi connectivity index (χ1n) is 6.42. The van der Waals surface area contributed by atoms with E-state index in [-0.39, 0.29) is 11.3 Å². The zero-order chi connectivity index (χ0) is 16.1. The monoisotopic (exact) mass is 338 g/mol. The number of rotatable bonds is 5. The van der Waals surface area contributed by atoms with Gasteiger partial charge in [0, 0.05) is 16.7 Å². The van der Waals surface area contributed by atoms with Crippen LogP contribution >= 0.6 is 23.4 Å². The van der Waals surface area contributed by atoms with E-state index in [2.05, 4.69) is 0 Å². The predicted octanol–water partition coefficient (Wildman–Crippen LogP) is 4.13. The average molecular weight is 339 g/mol. The highest BCUT2D eigenvalue weighted by Gasteiger charge is 2.19. The van der Waals surface area contributed by atoms with Crippen LogP contribution in [0.15, 0.2) is 41.3 Å². The van der Waals surface area contributed by atoms with Crippen molar-refractivity contribution in [2.24, 2.45) is 0 Å². The zero-order valence-electron chi connectivity index (χ0n) is 12.1. The first-order valence-corrected chi connectivity index (χ1v) is 7.78. The van der Waals surface area contributed by atoms with Gasteiger partial charge in [-0.25, -0.2) is 4.79 Å². The molecule has 1 N–H and O–H groups in total. The number of esters is 1. The Balaban J connectivity index is 2.34. The van der Waals surface area contributed by atoms with Crippen LogP contribution < -0.4 is 4.74 Å². The number of carbonyl (C=O) groups excluding carboxylic acids is 1. The summed E-state index contributed by atoms with van der Waals surface area (Å²) < 4.78 is 9.86. The fraction of sp³-hybridized carbons (Fsp3) is 0.188. The number of halogens is 1. The van der Waals surface area contributed by atoms with Crippen LogP contribution in [-0.2, 0) is 10.5 Å². The second-order valence-corrected chi connectivity index (χ2v) is 5.82. The van der Waals surface area contributed by atoms with Gasteiger partial charge in [-0.1, -0.05) is 23.7 Å². The minimum atomic E-state index is -0.588. The molecule has 0 saturated carbocycles. The van der Waals surface area contributed by atoms with Crippen LogP contribution in [0, 0.1) is 0 Å². The van der Waals surface area contributed by atoms with Gasteiger partial charge in [-0.05, 0) is 23.8 Å². The number of hydrogen-bond donors (Lipinski definition) is 1. The lowest BCUT2D eigenvalue weighted by atomic mass is 10.1. The third-order valence-electron chi connectivity index (χ3n) is 3.02. The normalized spacial score (nSPS) is 10.3. The van der Waals surface area contributed by atoms with Crippen molar-refractivity contribution >= 4 is 29.3 Å². The molecule has 0 heterocycles. The first-order chi connectivity index (χ1) is 10.6. The van der Waals surface area contributed by atoms with Crippen LogP contribution in [0.1, 0.15) is 15.9 Å². The highest BCUT2D eigenvalue weighted by molar-refractivity contribution is 7.98. The average Bonchev–Trinajstić information content (AvgIpc) is 2.52. The summed E-state index contributed by atoms with van der Waals surface area (Å²) in [5.41, 5.74) is 0.761. The lowest BCUT2D eigenvalue weighted by molar-refractivity contribution is 0.0596. The Labute approximate surface area is 138 Å². The summed E-state index contributed by atoms with van der Waals surface area (Å²) in [6.45, 7) is 0. The van der Waals surface area contributed by atoms with Crippen molar-refractivity contribution in [2.75, 3.05) is 14.2 Å². The summed E-state index contributed by atoms with van der Waals surface area (Å²) in [6, 6.07) is 10.5. The Kier molecular flexibility index (Phi) is 5.57. The molecule has 6 heteroatoms. The fourth-order valence-corrected chi connectivity index (χ4v) is 3.16. The molecule has 4 nitrogen and oxygen atoms in total. The van der Waals surface area contributed by atoms with E-state index < -0.39 is 5.97 Å². The minimum Gasteiger partial charge on any atom is -0.507 e. The minimum absolute atomic E-state index is 0.142. The van der Waals surface area contributed by atoms with Gasteiger partial charge in [0.25, 0.3) is 0 Å². The van der Waals surface area contributed by atoms with Crippen molar-refractivity contribution in [3.05, 3.63) is 52.5 Å². The molecule has 0 aromatic heterocycles. The molecule has 2 aromatic carbocycles. The largest absolute Gasteiger partial charge is 0.507 e. The molecule has 0 aliphatic heterocycles. The number of ether oxygens (including phenoxy) is 2.